The summed E-state index contributed by atoms with van der Waals surface area (Å²) in [5, 5.41) is 3.59. The summed E-state index contributed by atoms with van der Waals surface area (Å²) in [6.45, 7) is 5.20. The summed E-state index contributed by atoms with van der Waals surface area (Å²) >= 11 is 0. The summed E-state index contributed by atoms with van der Waals surface area (Å²) in [6.07, 6.45) is 3.67. The van der Waals surface area contributed by atoms with E-state index in [1.807, 2.05) is 6.92 Å². The molecule has 1 N–H and O–H groups in total. The van der Waals surface area contributed by atoms with Gasteiger partial charge in [-0.25, -0.2) is 9.97 Å². The molecule has 0 bridgehead atoms. The summed E-state index contributed by atoms with van der Waals surface area (Å²) in [7, 11) is 0. The van der Waals surface area contributed by atoms with Crippen molar-refractivity contribution in [3.8, 4) is 0 Å². The highest BCUT2D eigenvalue weighted by molar-refractivity contribution is 5.21. The van der Waals surface area contributed by atoms with Gasteiger partial charge < -0.3 is 5.32 Å². The fourth-order valence-electron chi connectivity index (χ4n) is 2.14. The van der Waals surface area contributed by atoms with E-state index in [9.17, 15) is 0 Å². The number of hydrogen-bond donors (Lipinski definition) is 1. The molecule has 0 fully saturated rings. The molecule has 0 spiro atoms. The lowest BCUT2D eigenvalue weighted by atomic mass is 10.0. The lowest BCUT2D eigenvalue weighted by molar-refractivity contribution is 0.524. The van der Waals surface area contributed by atoms with E-state index in [2.05, 4.69) is 58.6 Å². The molecule has 100 valence electrons. The van der Waals surface area contributed by atoms with Crippen LogP contribution in [-0.4, -0.2) is 16.5 Å². The second kappa shape index (κ2) is 7.00. The molecular formula is C16H21N3. The van der Waals surface area contributed by atoms with E-state index in [0.717, 1.165) is 30.8 Å². The summed E-state index contributed by atoms with van der Waals surface area (Å²) in [5.74, 6) is 0. The van der Waals surface area contributed by atoms with Crippen LogP contribution in [0.25, 0.3) is 0 Å². The molecule has 3 heteroatoms. The van der Waals surface area contributed by atoms with E-state index < -0.39 is 0 Å². The SMILES string of the molecule is CCCNC(Cc1cc(C)ncn1)c1ccccc1. The maximum absolute atomic E-state index is 4.36. The third-order valence-corrected chi connectivity index (χ3v) is 3.12. The van der Waals surface area contributed by atoms with Gasteiger partial charge in [-0.15, -0.1) is 0 Å². The molecule has 0 saturated heterocycles. The highest BCUT2D eigenvalue weighted by atomic mass is 14.9. The molecule has 2 aromatic rings. The van der Waals surface area contributed by atoms with E-state index in [0.29, 0.717) is 6.04 Å². The quantitative estimate of drug-likeness (QED) is 0.862. The lowest BCUT2D eigenvalue weighted by Crippen LogP contribution is -2.24. The number of nitrogens with one attached hydrogen (secondary N) is 1. The first-order chi connectivity index (χ1) is 9.29. The van der Waals surface area contributed by atoms with Gasteiger partial charge in [0.25, 0.3) is 0 Å². The van der Waals surface area contributed by atoms with Gasteiger partial charge in [0.05, 0.1) is 0 Å². The van der Waals surface area contributed by atoms with Crippen LogP contribution in [0.1, 0.15) is 36.3 Å². The third kappa shape index (κ3) is 4.14. The van der Waals surface area contributed by atoms with Crippen LogP contribution in [0, 0.1) is 6.92 Å². The van der Waals surface area contributed by atoms with Crippen molar-refractivity contribution >= 4 is 0 Å². The van der Waals surface area contributed by atoms with Crippen LogP contribution >= 0.6 is 0 Å². The average Bonchev–Trinajstić information content (AvgIpc) is 2.44. The van der Waals surface area contributed by atoms with Crippen molar-refractivity contribution < 1.29 is 0 Å². The Kier molecular flexibility index (Phi) is 5.04. The Balaban J connectivity index is 2.14. The maximum Gasteiger partial charge on any atom is 0.115 e. The van der Waals surface area contributed by atoms with Crippen molar-refractivity contribution in [3.05, 3.63) is 59.7 Å². The number of benzene rings is 1. The molecule has 1 aromatic carbocycles. The molecule has 0 aliphatic rings. The van der Waals surface area contributed by atoms with E-state index in [1.165, 1.54) is 5.56 Å². The van der Waals surface area contributed by atoms with Crippen molar-refractivity contribution in [2.75, 3.05) is 6.54 Å². The van der Waals surface area contributed by atoms with Gasteiger partial charge in [0.15, 0.2) is 0 Å². The van der Waals surface area contributed by atoms with Crippen molar-refractivity contribution in [2.45, 2.75) is 32.7 Å². The smallest absolute Gasteiger partial charge is 0.115 e. The molecule has 1 atom stereocenters. The van der Waals surface area contributed by atoms with Gasteiger partial charge in [0.2, 0.25) is 0 Å². The van der Waals surface area contributed by atoms with E-state index >= 15 is 0 Å². The first-order valence-corrected chi connectivity index (χ1v) is 6.85. The van der Waals surface area contributed by atoms with Gasteiger partial charge in [-0.1, -0.05) is 37.3 Å². The molecule has 1 aromatic heterocycles. The molecule has 0 radical (unpaired) electrons. The Bertz CT molecular complexity index is 496. The predicted octanol–water partition coefficient (Wildman–Crippen LogP) is 3.07. The molecular weight excluding hydrogens is 234 g/mol. The Morgan fingerprint density at radius 3 is 2.63 bits per heavy atom. The van der Waals surface area contributed by atoms with Gasteiger partial charge in [-0.05, 0) is 31.5 Å². The third-order valence-electron chi connectivity index (χ3n) is 3.12. The Morgan fingerprint density at radius 2 is 1.95 bits per heavy atom. The van der Waals surface area contributed by atoms with Crippen molar-refractivity contribution in [1.29, 1.82) is 0 Å². The molecule has 0 aliphatic heterocycles. The van der Waals surface area contributed by atoms with Gasteiger partial charge in [0, 0.05) is 23.9 Å². The first-order valence-electron chi connectivity index (χ1n) is 6.85. The predicted molar refractivity (Wildman–Crippen MR) is 77.9 cm³/mol. The fourth-order valence-corrected chi connectivity index (χ4v) is 2.14. The minimum Gasteiger partial charge on any atom is -0.310 e. The molecule has 0 aliphatic carbocycles. The number of rotatable bonds is 6. The van der Waals surface area contributed by atoms with Gasteiger partial charge in [0.1, 0.15) is 6.33 Å². The zero-order valence-corrected chi connectivity index (χ0v) is 11.6. The largest absolute Gasteiger partial charge is 0.310 e. The van der Waals surface area contributed by atoms with Crippen molar-refractivity contribution in [3.63, 3.8) is 0 Å². The standard InChI is InChI=1S/C16H21N3/c1-3-9-17-16(14-7-5-4-6-8-14)11-15-10-13(2)18-12-19-15/h4-8,10,12,16-17H,3,9,11H2,1-2H3. The number of hydrogen-bond acceptors (Lipinski definition) is 3. The Hall–Kier alpha value is -1.74. The van der Waals surface area contributed by atoms with E-state index in [1.54, 1.807) is 6.33 Å². The molecule has 1 heterocycles. The normalized spacial score (nSPS) is 12.3. The van der Waals surface area contributed by atoms with E-state index in [-0.39, 0.29) is 0 Å². The fraction of sp³-hybridized carbons (Fsp3) is 0.375. The molecule has 19 heavy (non-hydrogen) atoms. The van der Waals surface area contributed by atoms with Crippen LogP contribution in [0.3, 0.4) is 0 Å². The molecule has 0 amide bonds. The molecule has 3 nitrogen and oxygen atoms in total. The van der Waals surface area contributed by atoms with E-state index in [4.69, 9.17) is 0 Å². The second-order valence-corrected chi connectivity index (χ2v) is 4.77. The molecule has 0 saturated carbocycles. The lowest BCUT2D eigenvalue weighted by Gasteiger charge is -2.18. The van der Waals surface area contributed by atoms with Gasteiger partial charge in [-0.3, -0.25) is 0 Å². The first kappa shape index (κ1) is 13.7. The Labute approximate surface area is 115 Å². The molecule has 2 rings (SSSR count). The summed E-state index contributed by atoms with van der Waals surface area (Å²) < 4.78 is 0. The van der Waals surface area contributed by atoms with Crippen LogP contribution < -0.4 is 5.32 Å². The van der Waals surface area contributed by atoms with Crippen molar-refractivity contribution in [2.24, 2.45) is 0 Å². The summed E-state index contributed by atoms with van der Waals surface area (Å²) in [4.78, 5) is 8.51. The second-order valence-electron chi connectivity index (χ2n) is 4.77. The van der Waals surface area contributed by atoms with Crippen molar-refractivity contribution in [1.82, 2.24) is 15.3 Å². The van der Waals surface area contributed by atoms with Crippen LogP contribution in [0.15, 0.2) is 42.7 Å². The molecule has 1 unspecified atom stereocenters. The van der Waals surface area contributed by atoms with Gasteiger partial charge >= 0.3 is 0 Å². The number of nitrogens with zero attached hydrogens (tertiary/aromatic N) is 2. The summed E-state index contributed by atoms with van der Waals surface area (Å²) in [6, 6.07) is 12.9. The van der Waals surface area contributed by atoms with Crippen LogP contribution in [-0.2, 0) is 6.42 Å². The zero-order valence-electron chi connectivity index (χ0n) is 11.6. The Morgan fingerprint density at radius 1 is 1.16 bits per heavy atom. The number of aryl methyl sites for hydroxylation is 1. The number of aromatic nitrogens is 2. The van der Waals surface area contributed by atoms with Crippen LogP contribution in [0.2, 0.25) is 0 Å². The van der Waals surface area contributed by atoms with Crippen LogP contribution in [0.4, 0.5) is 0 Å². The minimum atomic E-state index is 0.315. The summed E-state index contributed by atoms with van der Waals surface area (Å²) in [5.41, 5.74) is 3.42. The van der Waals surface area contributed by atoms with Gasteiger partial charge in [-0.2, -0.15) is 0 Å². The highest BCUT2D eigenvalue weighted by Crippen LogP contribution is 2.17. The minimum absolute atomic E-state index is 0.315. The average molecular weight is 255 g/mol. The zero-order chi connectivity index (χ0) is 13.5. The highest BCUT2D eigenvalue weighted by Gasteiger charge is 2.12. The van der Waals surface area contributed by atoms with Crippen LogP contribution in [0.5, 0.6) is 0 Å². The monoisotopic (exact) mass is 255 g/mol. The maximum atomic E-state index is 4.36. The topological polar surface area (TPSA) is 37.8 Å².